The standard InChI is InChI=1S/C11H17ClO7.C8H14O4/c1-11(2,6-18-10(16)19-7-12)5-17-9(15)4-3-8(13)14;1-8(2,3)12-7(11)5-4-6(9)10/h3-7H2,1-2H3,(H,13,14);4-5H2,1-3H3,(H,9,10). The number of esters is 2. The van der Waals surface area contributed by atoms with Crippen LogP contribution >= 0.6 is 11.6 Å². The number of rotatable bonds is 11. The van der Waals surface area contributed by atoms with Gasteiger partial charge in [0.05, 0.1) is 32.3 Å². The van der Waals surface area contributed by atoms with E-state index in [-0.39, 0.29) is 45.0 Å². The number of hydrogen-bond acceptors (Lipinski definition) is 9. The number of carbonyl (C=O) groups excluding carboxylic acids is 3. The average molecular weight is 471 g/mol. The maximum atomic E-state index is 11.2. The molecule has 0 saturated heterocycles. The Morgan fingerprint density at radius 1 is 0.710 bits per heavy atom. The third-order valence-electron chi connectivity index (χ3n) is 2.88. The SMILES string of the molecule is CC(C)(C)OC(=O)CCC(=O)O.CC(C)(COC(=O)CCC(=O)O)COC(=O)OCCl. The Labute approximate surface area is 185 Å². The van der Waals surface area contributed by atoms with E-state index in [1.54, 1.807) is 34.6 Å². The van der Waals surface area contributed by atoms with Crippen LogP contribution in [0, 0.1) is 5.41 Å². The van der Waals surface area contributed by atoms with E-state index in [1.165, 1.54) is 0 Å². The molecule has 0 aromatic carbocycles. The number of carboxylic acids is 2. The normalized spacial score (nSPS) is 10.8. The molecule has 12 heteroatoms. The smallest absolute Gasteiger partial charge is 0.481 e. The van der Waals surface area contributed by atoms with Crippen LogP contribution in [-0.2, 0) is 38.1 Å². The molecule has 0 spiro atoms. The lowest BCUT2D eigenvalue weighted by Gasteiger charge is -2.23. The van der Waals surface area contributed by atoms with Crippen LogP contribution in [0.1, 0.15) is 60.3 Å². The second-order valence-corrected chi connectivity index (χ2v) is 8.21. The van der Waals surface area contributed by atoms with Gasteiger partial charge in [-0.2, -0.15) is 0 Å². The van der Waals surface area contributed by atoms with Crippen molar-refractivity contribution in [2.45, 2.75) is 65.9 Å². The highest BCUT2D eigenvalue weighted by molar-refractivity contribution is 6.17. The molecule has 0 aromatic heterocycles. The molecule has 2 N–H and O–H groups in total. The Balaban J connectivity index is 0. The van der Waals surface area contributed by atoms with Crippen LogP contribution in [0.4, 0.5) is 4.79 Å². The summed E-state index contributed by atoms with van der Waals surface area (Å²) in [7, 11) is 0. The molecule has 0 rings (SSSR count). The van der Waals surface area contributed by atoms with E-state index < -0.39 is 41.0 Å². The van der Waals surface area contributed by atoms with Crippen molar-refractivity contribution in [2.24, 2.45) is 5.41 Å². The zero-order chi connectivity index (χ0) is 24.7. The average Bonchev–Trinajstić information content (AvgIpc) is 2.61. The Hall–Kier alpha value is -2.56. The number of aliphatic carboxylic acids is 2. The van der Waals surface area contributed by atoms with E-state index >= 15 is 0 Å². The van der Waals surface area contributed by atoms with Gasteiger partial charge in [0.15, 0.2) is 6.07 Å². The second kappa shape index (κ2) is 15.3. The lowest BCUT2D eigenvalue weighted by molar-refractivity contribution is -0.157. The molecule has 0 amide bonds. The summed E-state index contributed by atoms with van der Waals surface area (Å²) in [6, 6.07) is -0.302. The molecular weight excluding hydrogens is 440 g/mol. The van der Waals surface area contributed by atoms with E-state index in [2.05, 4.69) is 4.74 Å². The van der Waals surface area contributed by atoms with Gasteiger partial charge in [0.1, 0.15) is 12.2 Å². The van der Waals surface area contributed by atoms with Gasteiger partial charge < -0.3 is 29.2 Å². The van der Waals surface area contributed by atoms with Gasteiger partial charge >= 0.3 is 30.0 Å². The van der Waals surface area contributed by atoms with Gasteiger partial charge in [-0.3, -0.25) is 19.2 Å². The highest BCUT2D eigenvalue weighted by Crippen LogP contribution is 2.17. The summed E-state index contributed by atoms with van der Waals surface area (Å²) in [4.78, 5) is 53.3. The topological polar surface area (TPSA) is 163 Å². The molecule has 31 heavy (non-hydrogen) atoms. The number of carboxylic acid groups (broad SMARTS) is 2. The molecule has 0 aliphatic carbocycles. The fraction of sp³-hybridized carbons (Fsp3) is 0.737. The number of hydrogen-bond donors (Lipinski definition) is 2. The van der Waals surface area contributed by atoms with Crippen molar-refractivity contribution in [3.63, 3.8) is 0 Å². The van der Waals surface area contributed by atoms with Gasteiger partial charge in [0, 0.05) is 5.41 Å². The van der Waals surface area contributed by atoms with Crippen molar-refractivity contribution in [1.82, 2.24) is 0 Å². The molecule has 11 nitrogen and oxygen atoms in total. The van der Waals surface area contributed by atoms with Crippen molar-refractivity contribution in [3.8, 4) is 0 Å². The Morgan fingerprint density at radius 3 is 1.58 bits per heavy atom. The lowest BCUT2D eigenvalue weighted by Crippen LogP contribution is -2.28. The maximum Gasteiger partial charge on any atom is 0.509 e. The first-order valence-corrected chi connectivity index (χ1v) is 9.78. The molecule has 0 unspecified atom stereocenters. The van der Waals surface area contributed by atoms with E-state index in [9.17, 15) is 24.0 Å². The fourth-order valence-electron chi connectivity index (χ4n) is 1.54. The minimum atomic E-state index is -1.07. The molecule has 0 atom stereocenters. The summed E-state index contributed by atoms with van der Waals surface area (Å²) < 4.78 is 18.9. The Kier molecular flexibility index (Phi) is 15.1. The van der Waals surface area contributed by atoms with Crippen molar-refractivity contribution in [2.75, 3.05) is 19.3 Å². The van der Waals surface area contributed by atoms with E-state index in [0.717, 1.165) is 0 Å². The summed E-state index contributed by atoms with van der Waals surface area (Å²) in [6.45, 7) is 8.63. The lowest BCUT2D eigenvalue weighted by atomic mass is 9.96. The summed E-state index contributed by atoms with van der Waals surface area (Å²) >= 11 is 5.17. The molecule has 0 fully saturated rings. The number of carbonyl (C=O) groups is 5. The number of alkyl halides is 1. The van der Waals surface area contributed by atoms with Crippen LogP contribution in [0.3, 0.4) is 0 Å². The fourth-order valence-corrected chi connectivity index (χ4v) is 1.63. The van der Waals surface area contributed by atoms with E-state index in [0.29, 0.717) is 0 Å². The van der Waals surface area contributed by atoms with Crippen LogP contribution in [0.5, 0.6) is 0 Å². The van der Waals surface area contributed by atoms with Gasteiger partial charge in [0.2, 0.25) is 0 Å². The van der Waals surface area contributed by atoms with Gasteiger partial charge in [-0.1, -0.05) is 25.4 Å². The van der Waals surface area contributed by atoms with Gasteiger partial charge in [-0.15, -0.1) is 0 Å². The van der Waals surface area contributed by atoms with Gasteiger partial charge in [-0.05, 0) is 20.8 Å². The first kappa shape index (κ1) is 30.6. The highest BCUT2D eigenvalue weighted by atomic mass is 35.5. The maximum absolute atomic E-state index is 11.2. The molecule has 0 radical (unpaired) electrons. The quantitative estimate of drug-likeness (QED) is 0.259. The molecule has 0 bridgehead atoms. The summed E-state index contributed by atoms with van der Waals surface area (Å²) in [5, 5.41) is 16.6. The van der Waals surface area contributed by atoms with Crippen molar-refractivity contribution in [3.05, 3.63) is 0 Å². The first-order valence-electron chi connectivity index (χ1n) is 9.24. The summed E-state index contributed by atoms with van der Waals surface area (Å²) in [5.41, 5.74) is -1.14. The third kappa shape index (κ3) is 23.6. The predicted molar refractivity (Wildman–Crippen MR) is 107 cm³/mol. The number of halogens is 1. The zero-order valence-corrected chi connectivity index (χ0v) is 19.2. The molecule has 0 aromatic rings. The van der Waals surface area contributed by atoms with Crippen LogP contribution in [0.2, 0.25) is 0 Å². The largest absolute Gasteiger partial charge is 0.509 e. The van der Waals surface area contributed by atoms with Crippen LogP contribution in [0.25, 0.3) is 0 Å². The molecule has 0 heterocycles. The monoisotopic (exact) mass is 470 g/mol. The molecular formula is C19H31ClO11. The first-order chi connectivity index (χ1) is 14.1. The minimum absolute atomic E-state index is 0.000390. The van der Waals surface area contributed by atoms with Crippen LogP contribution in [-0.4, -0.2) is 65.1 Å². The van der Waals surface area contributed by atoms with Crippen molar-refractivity contribution >= 4 is 41.6 Å². The van der Waals surface area contributed by atoms with Gasteiger partial charge in [0.25, 0.3) is 0 Å². The molecule has 180 valence electrons. The van der Waals surface area contributed by atoms with Crippen LogP contribution in [0.15, 0.2) is 0 Å². The second-order valence-electron chi connectivity index (χ2n) is 7.99. The summed E-state index contributed by atoms with van der Waals surface area (Å²) in [5.74, 6) is -3.13. The minimum Gasteiger partial charge on any atom is -0.481 e. The number of ether oxygens (including phenoxy) is 4. The van der Waals surface area contributed by atoms with E-state index in [1.807, 2.05) is 0 Å². The molecule has 0 aliphatic heterocycles. The molecule has 0 saturated carbocycles. The third-order valence-corrected chi connectivity index (χ3v) is 2.99. The highest BCUT2D eigenvalue weighted by Gasteiger charge is 2.23. The van der Waals surface area contributed by atoms with Crippen molar-refractivity contribution < 1.29 is 53.1 Å². The zero-order valence-electron chi connectivity index (χ0n) is 18.4. The van der Waals surface area contributed by atoms with Crippen molar-refractivity contribution in [1.29, 1.82) is 0 Å². The summed E-state index contributed by atoms with van der Waals surface area (Å²) in [6.07, 6.45) is -1.61. The molecule has 0 aliphatic rings. The Bertz CT molecular complexity index is 608. The van der Waals surface area contributed by atoms with Crippen LogP contribution < -0.4 is 0 Å². The van der Waals surface area contributed by atoms with Gasteiger partial charge in [-0.25, -0.2) is 4.79 Å². The van der Waals surface area contributed by atoms with E-state index in [4.69, 9.17) is 36.0 Å². The predicted octanol–water partition coefficient (Wildman–Crippen LogP) is 2.96. The Morgan fingerprint density at radius 2 is 1.16 bits per heavy atom.